The Bertz CT molecular complexity index is 1300. The number of hydrogen-bond donors (Lipinski definition) is 1. The SMILES string of the molecule is COc1ccc(-c2ccc3ncnc(-c4cccc(C(=O)N5CCC(O)CC5)c4)c3c2)cn1. The number of aromatic nitrogens is 3. The van der Waals surface area contributed by atoms with Gasteiger partial charge in [0, 0.05) is 47.4 Å². The zero-order chi connectivity index (χ0) is 22.8. The van der Waals surface area contributed by atoms with Crippen molar-refractivity contribution in [1.29, 1.82) is 0 Å². The Labute approximate surface area is 191 Å². The summed E-state index contributed by atoms with van der Waals surface area (Å²) in [6, 6.07) is 17.4. The van der Waals surface area contributed by atoms with Crippen LogP contribution in [-0.2, 0) is 0 Å². The Hall–Kier alpha value is -3.84. The maximum absolute atomic E-state index is 13.0. The van der Waals surface area contributed by atoms with Crippen LogP contribution >= 0.6 is 0 Å². The van der Waals surface area contributed by atoms with Gasteiger partial charge in [-0.1, -0.05) is 18.2 Å². The lowest BCUT2D eigenvalue weighted by Crippen LogP contribution is -2.40. The molecule has 1 fully saturated rings. The zero-order valence-corrected chi connectivity index (χ0v) is 18.3. The number of rotatable bonds is 4. The molecule has 0 radical (unpaired) electrons. The number of hydrogen-bond acceptors (Lipinski definition) is 6. The summed E-state index contributed by atoms with van der Waals surface area (Å²) in [7, 11) is 1.59. The highest BCUT2D eigenvalue weighted by molar-refractivity contribution is 5.98. The van der Waals surface area contributed by atoms with E-state index in [4.69, 9.17) is 4.74 Å². The monoisotopic (exact) mass is 440 g/mol. The van der Waals surface area contributed by atoms with Gasteiger partial charge in [0.05, 0.1) is 24.4 Å². The number of piperidine rings is 1. The molecular formula is C26H24N4O3. The number of likely N-dealkylation sites (tertiary alicyclic amines) is 1. The molecule has 33 heavy (non-hydrogen) atoms. The van der Waals surface area contributed by atoms with Crippen LogP contribution in [0.3, 0.4) is 0 Å². The molecule has 1 aliphatic rings. The van der Waals surface area contributed by atoms with Crippen LogP contribution in [0.2, 0.25) is 0 Å². The molecule has 166 valence electrons. The van der Waals surface area contributed by atoms with Crippen molar-refractivity contribution in [3.05, 3.63) is 72.7 Å². The second-order valence-corrected chi connectivity index (χ2v) is 8.15. The Morgan fingerprint density at radius 3 is 2.55 bits per heavy atom. The number of carbonyl (C=O) groups is 1. The third kappa shape index (κ3) is 4.27. The summed E-state index contributed by atoms with van der Waals surface area (Å²) in [4.78, 5) is 28.1. The Balaban J connectivity index is 1.51. The number of benzene rings is 2. The molecule has 5 rings (SSSR count). The standard InChI is InChI=1S/C26H24N4O3/c1-33-24-8-6-20(15-27-24)17-5-7-23-22(14-17)25(29-16-28-23)18-3-2-4-19(13-18)26(32)30-11-9-21(31)10-12-30/h2-8,13-16,21,31H,9-12H2,1H3. The van der Waals surface area contributed by atoms with Gasteiger partial charge in [0.1, 0.15) is 6.33 Å². The third-order valence-corrected chi connectivity index (χ3v) is 6.05. The maximum atomic E-state index is 13.0. The van der Waals surface area contributed by atoms with Crippen molar-refractivity contribution in [3.63, 3.8) is 0 Å². The molecule has 3 heterocycles. The summed E-state index contributed by atoms with van der Waals surface area (Å²) >= 11 is 0. The van der Waals surface area contributed by atoms with Crippen molar-refractivity contribution in [2.45, 2.75) is 18.9 Å². The van der Waals surface area contributed by atoms with E-state index in [9.17, 15) is 9.90 Å². The van der Waals surface area contributed by atoms with Crippen molar-refractivity contribution in [2.75, 3.05) is 20.2 Å². The predicted octanol–water partition coefficient (Wildman–Crippen LogP) is 3.96. The predicted molar refractivity (Wildman–Crippen MR) is 126 cm³/mol. The lowest BCUT2D eigenvalue weighted by molar-refractivity contribution is 0.0546. The normalized spacial score (nSPS) is 14.4. The minimum atomic E-state index is -0.317. The molecule has 1 N–H and O–H groups in total. The van der Waals surface area contributed by atoms with E-state index < -0.39 is 0 Å². The van der Waals surface area contributed by atoms with Gasteiger partial charge in [0.15, 0.2) is 0 Å². The van der Waals surface area contributed by atoms with Gasteiger partial charge in [0.25, 0.3) is 5.91 Å². The fraction of sp³-hybridized carbons (Fsp3) is 0.231. The van der Waals surface area contributed by atoms with E-state index in [0.29, 0.717) is 37.4 Å². The highest BCUT2D eigenvalue weighted by Gasteiger charge is 2.22. The largest absolute Gasteiger partial charge is 0.481 e. The van der Waals surface area contributed by atoms with E-state index in [1.165, 1.54) is 0 Å². The van der Waals surface area contributed by atoms with Crippen molar-refractivity contribution in [2.24, 2.45) is 0 Å². The number of ether oxygens (including phenoxy) is 1. The van der Waals surface area contributed by atoms with Crippen LogP contribution in [0.5, 0.6) is 5.88 Å². The molecule has 1 aliphatic heterocycles. The number of aliphatic hydroxyl groups is 1. The van der Waals surface area contributed by atoms with E-state index in [-0.39, 0.29) is 12.0 Å². The first-order valence-electron chi connectivity index (χ1n) is 11.0. The first-order chi connectivity index (χ1) is 16.1. The van der Waals surface area contributed by atoms with Gasteiger partial charge in [-0.3, -0.25) is 4.79 Å². The van der Waals surface area contributed by atoms with Crippen molar-refractivity contribution in [3.8, 4) is 28.3 Å². The van der Waals surface area contributed by atoms with Gasteiger partial charge in [-0.25, -0.2) is 15.0 Å². The Morgan fingerprint density at radius 2 is 1.79 bits per heavy atom. The lowest BCUT2D eigenvalue weighted by atomic mass is 9.99. The molecule has 0 spiro atoms. The molecule has 7 heteroatoms. The Kier molecular flexibility index (Phi) is 5.71. The van der Waals surface area contributed by atoms with Gasteiger partial charge >= 0.3 is 0 Å². The number of nitrogens with zero attached hydrogens (tertiary/aromatic N) is 4. The maximum Gasteiger partial charge on any atom is 0.253 e. The van der Waals surface area contributed by atoms with Gasteiger partial charge in [-0.2, -0.15) is 0 Å². The van der Waals surface area contributed by atoms with Crippen LogP contribution in [0.1, 0.15) is 23.2 Å². The van der Waals surface area contributed by atoms with Crippen molar-refractivity contribution >= 4 is 16.8 Å². The average molecular weight is 441 g/mol. The first kappa shape index (κ1) is 21.0. The minimum absolute atomic E-state index is 0.0212. The molecule has 4 aromatic rings. The van der Waals surface area contributed by atoms with Crippen LogP contribution in [0.25, 0.3) is 33.3 Å². The highest BCUT2D eigenvalue weighted by atomic mass is 16.5. The molecule has 0 atom stereocenters. The molecule has 7 nitrogen and oxygen atoms in total. The van der Waals surface area contributed by atoms with E-state index in [1.807, 2.05) is 48.5 Å². The molecule has 0 unspecified atom stereocenters. The molecular weight excluding hydrogens is 416 g/mol. The molecule has 2 aromatic heterocycles. The number of aliphatic hydroxyl groups excluding tert-OH is 1. The smallest absolute Gasteiger partial charge is 0.253 e. The topological polar surface area (TPSA) is 88.4 Å². The zero-order valence-electron chi connectivity index (χ0n) is 18.3. The summed E-state index contributed by atoms with van der Waals surface area (Å²) < 4.78 is 5.16. The molecule has 0 aliphatic carbocycles. The number of pyridine rings is 1. The summed E-state index contributed by atoms with van der Waals surface area (Å²) in [5, 5.41) is 10.6. The number of fused-ring (bicyclic) bond motifs is 1. The average Bonchev–Trinajstić information content (AvgIpc) is 2.88. The van der Waals surface area contributed by atoms with E-state index >= 15 is 0 Å². The second kappa shape index (κ2) is 8.96. The van der Waals surface area contributed by atoms with E-state index in [2.05, 4.69) is 21.0 Å². The van der Waals surface area contributed by atoms with Gasteiger partial charge in [-0.05, 0) is 48.7 Å². The van der Waals surface area contributed by atoms with Crippen LogP contribution in [-0.4, -0.2) is 57.2 Å². The highest BCUT2D eigenvalue weighted by Crippen LogP contribution is 2.30. The molecule has 0 saturated carbocycles. The number of carbonyl (C=O) groups excluding carboxylic acids is 1. The summed E-state index contributed by atoms with van der Waals surface area (Å²) in [5.74, 6) is 0.542. The van der Waals surface area contributed by atoms with Crippen LogP contribution in [0, 0.1) is 0 Å². The van der Waals surface area contributed by atoms with Gasteiger partial charge in [0.2, 0.25) is 5.88 Å². The van der Waals surface area contributed by atoms with E-state index in [1.54, 1.807) is 24.5 Å². The van der Waals surface area contributed by atoms with Crippen molar-refractivity contribution < 1.29 is 14.6 Å². The van der Waals surface area contributed by atoms with E-state index in [0.717, 1.165) is 33.3 Å². The minimum Gasteiger partial charge on any atom is -0.481 e. The molecule has 1 saturated heterocycles. The molecule has 0 bridgehead atoms. The summed E-state index contributed by atoms with van der Waals surface area (Å²) in [6.07, 6.45) is 4.24. The summed E-state index contributed by atoms with van der Waals surface area (Å²) in [5.41, 5.74) is 5.02. The molecule has 1 amide bonds. The second-order valence-electron chi connectivity index (χ2n) is 8.15. The first-order valence-corrected chi connectivity index (χ1v) is 11.0. The number of methoxy groups -OCH3 is 1. The van der Waals surface area contributed by atoms with Gasteiger partial charge < -0.3 is 14.7 Å². The van der Waals surface area contributed by atoms with Crippen molar-refractivity contribution in [1.82, 2.24) is 19.9 Å². The summed E-state index contributed by atoms with van der Waals surface area (Å²) in [6.45, 7) is 1.14. The molecule has 2 aromatic carbocycles. The fourth-order valence-corrected chi connectivity index (χ4v) is 4.19. The lowest BCUT2D eigenvalue weighted by Gasteiger charge is -2.29. The van der Waals surface area contributed by atoms with Crippen LogP contribution < -0.4 is 4.74 Å². The fourth-order valence-electron chi connectivity index (χ4n) is 4.19. The number of amides is 1. The Morgan fingerprint density at radius 1 is 0.970 bits per heavy atom. The van der Waals surface area contributed by atoms with Crippen LogP contribution in [0.4, 0.5) is 0 Å². The van der Waals surface area contributed by atoms with Crippen LogP contribution in [0.15, 0.2) is 67.1 Å². The third-order valence-electron chi connectivity index (χ3n) is 6.05. The quantitative estimate of drug-likeness (QED) is 0.517. The van der Waals surface area contributed by atoms with Gasteiger partial charge in [-0.15, -0.1) is 0 Å².